The molecule has 0 unspecified atom stereocenters. The number of carbonyl (C=O) groups is 1. The number of carbonyl (C=O) groups excluding carboxylic acids is 1. The van der Waals surface area contributed by atoms with E-state index >= 15 is 0 Å². The van der Waals surface area contributed by atoms with Gasteiger partial charge in [-0.05, 0) is 24.6 Å². The Hall–Kier alpha value is -1.95. The summed E-state index contributed by atoms with van der Waals surface area (Å²) < 4.78 is 15.2. The van der Waals surface area contributed by atoms with Crippen LogP contribution >= 0.6 is 11.8 Å². The molecule has 0 N–H and O–H groups in total. The summed E-state index contributed by atoms with van der Waals surface area (Å²) in [5.74, 6) is 1.27. The average Bonchev–Trinajstić information content (AvgIpc) is 2.51. The second-order valence-corrected chi connectivity index (χ2v) is 5.34. The smallest absolute Gasteiger partial charge is 0.316 e. The fraction of sp³-hybridized carbons (Fsp3) is 0.333. The summed E-state index contributed by atoms with van der Waals surface area (Å²) in [6.45, 7) is 1.96. The van der Waals surface area contributed by atoms with E-state index in [2.05, 4.69) is 9.72 Å². The number of aromatic nitrogens is 1. The standard InChI is InChI=1S/C15H17NO4S/c1-9-5-10-6-12(18-2)13(19-3)7-11(10)16-15(9)21-8-14(17)20-4/h5-7H,8H2,1-4H3. The molecule has 6 heteroatoms. The van der Waals surface area contributed by atoms with Gasteiger partial charge in [-0.2, -0.15) is 0 Å². The van der Waals surface area contributed by atoms with Crippen LogP contribution in [0, 0.1) is 6.92 Å². The number of methoxy groups -OCH3 is 3. The van der Waals surface area contributed by atoms with Crippen molar-refractivity contribution < 1.29 is 19.0 Å². The van der Waals surface area contributed by atoms with Crippen LogP contribution in [0.4, 0.5) is 0 Å². The van der Waals surface area contributed by atoms with Gasteiger partial charge in [-0.15, -0.1) is 0 Å². The number of rotatable bonds is 5. The molecule has 0 saturated heterocycles. The van der Waals surface area contributed by atoms with Gasteiger partial charge in [-0.3, -0.25) is 4.79 Å². The van der Waals surface area contributed by atoms with E-state index in [0.717, 1.165) is 21.5 Å². The van der Waals surface area contributed by atoms with Crippen molar-refractivity contribution >= 4 is 28.6 Å². The maximum Gasteiger partial charge on any atom is 0.316 e. The maximum atomic E-state index is 11.2. The van der Waals surface area contributed by atoms with Crippen molar-refractivity contribution in [1.29, 1.82) is 0 Å². The van der Waals surface area contributed by atoms with Crippen molar-refractivity contribution in [3.63, 3.8) is 0 Å². The molecule has 0 spiro atoms. The molecule has 5 nitrogen and oxygen atoms in total. The number of thioether (sulfide) groups is 1. The average molecular weight is 307 g/mol. The second kappa shape index (κ2) is 6.67. The van der Waals surface area contributed by atoms with E-state index in [1.54, 1.807) is 14.2 Å². The Bertz CT molecular complexity index is 672. The fourth-order valence-corrected chi connectivity index (χ4v) is 2.74. The molecule has 1 aromatic carbocycles. The third-order valence-corrected chi connectivity index (χ3v) is 4.09. The van der Waals surface area contributed by atoms with E-state index in [1.165, 1.54) is 18.9 Å². The minimum Gasteiger partial charge on any atom is -0.493 e. The summed E-state index contributed by atoms with van der Waals surface area (Å²) in [6.07, 6.45) is 0. The maximum absolute atomic E-state index is 11.2. The summed E-state index contributed by atoms with van der Waals surface area (Å²) in [4.78, 5) is 15.8. The Kier molecular flexibility index (Phi) is 4.90. The van der Waals surface area contributed by atoms with Crippen LogP contribution in [-0.2, 0) is 9.53 Å². The lowest BCUT2D eigenvalue weighted by Crippen LogP contribution is -2.03. The molecule has 0 radical (unpaired) electrons. The Labute approximate surface area is 127 Å². The first-order valence-electron chi connectivity index (χ1n) is 6.32. The first kappa shape index (κ1) is 15.4. The summed E-state index contributed by atoms with van der Waals surface area (Å²) in [7, 11) is 4.57. The van der Waals surface area contributed by atoms with Gasteiger partial charge in [0.15, 0.2) is 11.5 Å². The molecule has 1 aromatic heterocycles. The fourth-order valence-electron chi connectivity index (χ4n) is 1.92. The molecule has 0 amide bonds. The second-order valence-electron chi connectivity index (χ2n) is 4.38. The number of pyridine rings is 1. The van der Waals surface area contributed by atoms with Gasteiger partial charge >= 0.3 is 5.97 Å². The van der Waals surface area contributed by atoms with Crippen LogP contribution in [0.5, 0.6) is 11.5 Å². The highest BCUT2D eigenvalue weighted by Crippen LogP contribution is 2.33. The SMILES string of the molecule is COC(=O)CSc1nc2cc(OC)c(OC)cc2cc1C. The van der Waals surface area contributed by atoms with Crippen molar-refractivity contribution in [3.05, 3.63) is 23.8 Å². The molecule has 2 rings (SSSR count). The van der Waals surface area contributed by atoms with Crippen molar-refractivity contribution in [2.45, 2.75) is 11.9 Å². The van der Waals surface area contributed by atoms with Crippen LogP contribution in [0.1, 0.15) is 5.56 Å². The summed E-state index contributed by atoms with van der Waals surface area (Å²) in [5.41, 5.74) is 1.80. The molecule has 0 saturated carbocycles. The lowest BCUT2D eigenvalue weighted by molar-refractivity contribution is -0.137. The molecule has 2 aromatic rings. The monoisotopic (exact) mass is 307 g/mol. The quantitative estimate of drug-likeness (QED) is 0.625. The molecule has 0 aliphatic heterocycles. The molecular weight excluding hydrogens is 290 g/mol. The molecule has 0 bridgehead atoms. The molecule has 1 heterocycles. The Balaban J connectivity index is 2.41. The van der Waals surface area contributed by atoms with E-state index in [0.29, 0.717) is 11.5 Å². The van der Waals surface area contributed by atoms with E-state index in [9.17, 15) is 4.79 Å². The van der Waals surface area contributed by atoms with Crippen LogP contribution in [-0.4, -0.2) is 38.0 Å². The molecule has 0 aliphatic carbocycles. The predicted octanol–water partition coefficient (Wildman–Crippen LogP) is 2.83. The van der Waals surface area contributed by atoms with E-state index in [-0.39, 0.29) is 11.7 Å². The minimum absolute atomic E-state index is 0.239. The zero-order valence-corrected chi connectivity index (χ0v) is 13.2. The van der Waals surface area contributed by atoms with Crippen molar-refractivity contribution in [2.75, 3.05) is 27.1 Å². The van der Waals surface area contributed by atoms with E-state index in [4.69, 9.17) is 9.47 Å². The van der Waals surface area contributed by atoms with E-state index in [1.807, 2.05) is 25.1 Å². The van der Waals surface area contributed by atoms with Gasteiger partial charge < -0.3 is 14.2 Å². The summed E-state index contributed by atoms with van der Waals surface area (Å²) >= 11 is 1.36. The number of ether oxygens (including phenoxy) is 3. The highest BCUT2D eigenvalue weighted by Gasteiger charge is 2.11. The number of esters is 1. The molecule has 21 heavy (non-hydrogen) atoms. The first-order valence-corrected chi connectivity index (χ1v) is 7.30. The van der Waals surface area contributed by atoms with Gasteiger partial charge in [0.1, 0.15) is 5.03 Å². The third kappa shape index (κ3) is 3.39. The zero-order valence-electron chi connectivity index (χ0n) is 12.4. The molecule has 0 aliphatic rings. The Morgan fingerprint density at radius 3 is 2.43 bits per heavy atom. The molecular formula is C15H17NO4S. The van der Waals surface area contributed by atoms with Crippen LogP contribution in [0.2, 0.25) is 0 Å². The topological polar surface area (TPSA) is 57.7 Å². The van der Waals surface area contributed by atoms with Crippen LogP contribution in [0.15, 0.2) is 23.2 Å². The largest absolute Gasteiger partial charge is 0.493 e. The van der Waals surface area contributed by atoms with E-state index < -0.39 is 0 Å². The van der Waals surface area contributed by atoms with Crippen LogP contribution < -0.4 is 9.47 Å². The Morgan fingerprint density at radius 2 is 1.81 bits per heavy atom. The normalized spacial score (nSPS) is 10.5. The van der Waals surface area contributed by atoms with Gasteiger partial charge in [-0.25, -0.2) is 4.98 Å². The zero-order chi connectivity index (χ0) is 15.4. The van der Waals surface area contributed by atoms with Gasteiger partial charge in [0.05, 0.1) is 32.6 Å². The van der Waals surface area contributed by atoms with Crippen molar-refractivity contribution in [2.24, 2.45) is 0 Å². The first-order chi connectivity index (χ1) is 10.1. The number of benzene rings is 1. The van der Waals surface area contributed by atoms with Gasteiger partial charge in [0.25, 0.3) is 0 Å². The molecule has 0 atom stereocenters. The minimum atomic E-state index is -0.270. The lowest BCUT2D eigenvalue weighted by atomic mass is 10.1. The van der Waals surface area contributed by atoms with Crippen LogP contribution in [0.25, 0.3) is 10.9 Å². The molecule has 112 valence electrons. The van der Waals surface area contributed by atoms with Gasteiger partial charge in [0, 0.05) is 11.5 Å². The number of hydrogen-bond donors (Lipinski definition) is 0. The van der Waals surface area contributed by atoms with Crippen molar-refractivity contribution in [1.82, 2.24) is 4.98 Å². The number of hydrogen-bond acceptors (Lipinski definition) is 6. The number of nitrogens with zero attached hydrogens (tertiary/aromatic N) is 1. The van der Waals surface area contributed by atoms with Gasteiger partial charge in [0.2, 0.25) is 0 Å². The lowest BCUT2D eigenvalue weighted by Gasteiger charge is -2.11. The summed E-state index contributed by atoms with van der Waals surface area (Å²) in [6, 6.07) is 5.74. The number of fused-ring (bicyclic) bond motifs is 1. The van der Waals surface area contributed by atoms with Gasteiger partial charge in [-0.1, -0.05) is 11.8 Å². The highest BCUT2D eigenvalue weighted by atomic mass is 32.2. The highest BCUT2D eigenvalue weighted by molar-refractivity contribution is 7.99. The molecule has 0 fully saturated rings. The third-order valence-electron chi connectivity index (χ3n) is 3.02. The Morgan fingerprint density at radius 1 is 1.14 bits per heavy atom. The number of aryl methyl sites for hydroxylation is 1. The van der Waals surface area contributed by atoms with Crippen LogP contribution in [0.3, 0.4) is 0 Å². The summed E-state index contributed by atoms with van der Waals surface area (Å²) in [5, 5.41) is 1.77. The predicted molar refractivity (Wildman–Crippen MR) is 82.3 cm³/mol. The van der Waals surface area contributed by atoms with Crippen molar-refractivity contribution in [3.8, 4) is 11.5 Å².